The summed E-state index contributed by atoms with van der Waals surface area (Å²) in [5.41, 5.74) is 7.94. The number of likely N-dealkylation sites (tertiary alicyclic amines) is 1. The highest BCUT2D eigenvalue weighted by Crippen LogP contribution is 2.45. The SMILES string of the molecule is FCCCN1CC(Cc2ccc(C3=C(C4CCC(F)(F)CC4)CCCc4ccccc43)cc2)C1. The van der Waals surface area contributed by atoms with Gasteiger partial charge in [0.15, 0.2) is 0 Å². The van der Waals surface area contributed by atoms with E-state index in [1.807, 2.05) is 0 Å². The van der Waals surface area contributed by atoms with Crippen molar-refractivity contribution in [3.05, 3.63) is 76.4 Å². The van der Waals surface area contributed by atoms with Gasteiger partial charge in [-0.15, -0.1) is 0 Å². The molecule has 0 unspecified atom stereocenters. The molecule has 1 saturated carbocycles. The molecule has 0 amide bonds. The van der Waals surface area contributed by atoms with Gasteiger partial charge in [0, 0.05) is 32.5 Å². The smallest absolute Gasteiger partial charge is 0.248 e. The number of allylic oxidation sites excluding steroid dienone is 1. The Balaban J connectivity index is 1.39. The van der Waals surface area contributed by atoms with Gasteiger partial charge >= 0.3 is 0 Å². The Morgan fingerprint density at radius 3 is 2.38 bits per heavy atom. The first kappa shape index (κ1) is 23.7. The van der Waals surface area contributed by atoms with Crippen molar-refractivity contribution in [1.82, 2.24) is 4.90 Å². The van der Waals surface area contributed by atoms with Crippen LogP contribution in [0, 0.1) is 11.8 Å². The topological polar surface area (TPSA) is 3.24 Å². The first-order valence-electron chi connectivity index (χ1n) is 13.1. The minimum atomic E-state index is -2.50. The molecule has 2 aromatic carbocycles. The average molecular weight is 468 g/mol. The minimum Gasteiger partial charge on any atom is -0.303 e. The summed E-state index contributed by atoms with van der Waals surface area (Å²) in [6, 6.07) is 17.7. The zero-order chi connectivity index (χ0) is 23.5. The molecule has 2 fully saturated rings. The molecular formula is C30H36F3N. The largest absolute Gasteiger partial charge is 0.303 e. The van der Waals surface area contributed by atoms with Crippen molar-refractivity contribution in [2.24, 2.45) is 11.8 Å². The molecule has 1 aliphatic heterocycles. The molecule has 2 aliphatic carbocycles. The molecule has 3 aliphatic rings. The Kier molecular flexibility index (Phi) is 7.15. The molecular weight excluding hydrogens is 431 g/mol. The Bertz CT molecular complexity index is 994. The van der Waals surface area contributed by atoms with Gasteiger partial charge in [-0.25, -0.2) is 8.78 Å². The van der Waals surface area contributed by atoms with E-state index in [0.717, 1.165) is 45.3 Å². The number of halogens is 3. The van der Waals surface area contributed by atoms with Gasteiger partial charge in [0.25, 0.3) is 0 Å². The fraction of sp³-hybridized carbons (Fsp3) is 0.533. The fourth-order valence-corrected chi connectivity index (χ4v) is 6.30. The van der Waals surface area contributed by atoms with E-state index < -0.39 is 5.92 Å². The van der Waals surface area contributed by atoms with Crippen molar-refractivity contribution in [2.75, 3.05) is 26.3 Å². The van der Waals surface area contributed by atoms with Crippen LogP contribution < -0.4 is 0 Å². The summed E-state index contributed by atoms with van der Waals surface area (Å²) in [5.74, 6) is -1.58. The highest BCUT2D eigenvalue weighted by Gasteiger charge is 2.37. The van der Waals surface area contributed by atoms with Crippen LogP contribution in [0.1, 0.15) is 67.2 Å². The number of rotatable bonds is 7. The lowest BCUT2D eigenvalue weighted by molar-refractivity contribution is -0.0423. The van der Waals surface area contributed by atoms with Crippen LogP contribution in [-0.2, 0) is 12.8 Å². The van der Waals surface area contributed by atoms with E-state index in [-0.39, 0.29) is 25.4 Å². The second-order valence-electron chi connectivity index (χ2n) is 10.6. The maximum absolute atomic E-state index is 13.9. The number of hydrogen-bond donors (Lipinski definition) is 0. The van der Waals surface area contributed by atoms with Gasteiger partial charge in [0.2, 0.25) is 5.92 Å². The van der Waals surface area contributed by atoms with Crippen LogP contribution in [0.5, 0.6) is 0 Å². The number of aryl methyl sites for hydroxylation is 1. The monoisotopic (exact) mass is 467 g/mol. The summed E-state index contributed by atoms with van der Waals surface area (Å²) in [6.45, 7) is 2.77. The Morgan fingerprint density at radius 2 is 1.65 bits per heavy atom. The van der Waals surface area contributed by atoms with Crippen LogP contribution in [0.2, 0.25) is 0 Å². The molecule has 0 spiro atoms. The molecule has 0 radical (unpaired) electrons. The lowest BCUT2D eigenvalue weighted by Gasteiger charge is -2.39. The van der Waals surface area contributed by atoms with Crippen LogP contribution in [0.25, 0.3) is 5.57 Å². The number of hydrogen-bond acceptors (Lipinski definition) is 1. The van der Waals surface area contributed by atoms with Gasteiger partial charge < -0.3 is 4.90 Å². The summed E-state index contributed by atoms with van der Waals surface area (Å²) >= 11 is 0. The number of alkyl halides is 3. The second kappa shape index (κ2) is 10.3. The quantitative estimate of drug-likeness (QED) is 0.408. The van der Waals surface area contributed by atoms with E-state index in [9.17, 15) is 13.2 Å². The summed E-state index contributed by atoms with van der Waals surface area (Å²) < 4.78 is 40.2. The van der Waals surface area contributed by atoms with Gasteiger partial charge in [0.1, 0.15) is 0 Å². The van der Waals surface area contributed by atoms with Gasteiger partial charge in [-0.05, 0) is 84.6 Å². The van der Waals surface area contributed by atoms with Crippen molar-refractivity contribution in [1.29, 1.82) is 0 Å². The second-order valence-corrected chi connectivity index (χ2v) is 10.6. The molecule has 0 aromatic heterocycles. The average Bonchev–Trinajstić information content (AvgIpc) is 3.01. The van der Waals surface area contributed by atoms with Crippen molar-refractivity contribution in [2.45, 2.75) is 63.7 Å². The van der Waals surface area contributed by atoms with Crippen molar-refractivity contribution in [3.8, 4) is 0 Å². The molecule has 1 saturated heterocycles. The highest BCUT2D eigenvalue weighted by molar-refractivity contribution is 5.84. The Hall–Kier alpha value is -2.07. The first-order chi connectivity index (χ1) is 16.5. The molecule has 0 bridgehead atoms. The summed E-state index contributed by atoms with van der Waals surface area (Å²) in [5, 5.41) is 0. The normalized spacial score (nSPS) is 21.7. The minimum absolute atomic E-state index is 0.0127. The lowest BCUT2D eigenvalue weighted by atomic mass is 9.77. The zero-order valence-electron chi connectivity index (χ0n) is 20.0. The third-order valence-electron chi connectivity index (χ3n) is 8.12. The van der Waals surface area contributed by atoms with E-state index >= 15 is 0 Å². The molecule has 5 rings (SSSR count). The van der Waals surface area contributed by atoms with E-state index in [1.54, 1.807) is 0 Å². The van der Waals surface area contributed by atoms with E-state index in [4.69, 9.17) is 0 Å². The van der Waals surface area contributed by atoms with Crippen LogP contribution in [0.4, 0.5) is 13.2 Å². The van der Waals surface area contributed by atoms with Gasteiger partial charge in [-0.1, -0.05) is 54.1 Å². The summed E-state index contributed by atoms with van der Waals surface area (Å²) in [6.07, 6.45) is 6.04. The Morgan fingerprint density at radius 1 is 0.912 bits per heavy atom. The van der Waals surface area contributed by atoms with Crippen molar-refractivity contribution < 1.29 is 13.2 Å². The molecule has 1 nitrogen and oxygen atoms in total. The summed E-state index contributed by atoms with van der Waals surface area (Å²) in [7, 11) is 0. The van der Waals surface area contributed by atoms with Gasteiger partial charge in [-0.3, -0.25) is 4.39 Å². The molecule has 4 heteroatoms. The molecule has 182 valence electrons. The van der Waals surface area contributed by atoms with Gasteiger partial charge in [-0.2, -0.15) is 0 Å². The molecule has 2 aromatic rings. The predicted molar refractivity (Wildman–Crippen MR) is 133 cm³/mol. The number of benzene rings is 2. The van der Waals surface area contributed by atoms with Gasteiger partial charge in [0.05, 0.1) is 6.67 Å². The van der Waals surface area contributed by atoms with E-state index in [0.29, 0.717) is 25.2 Å². The van der Waals surface area contributed by atoms with Crippen LogP contribution >= 0.6 is 0 Å². The molecule has 1 heterocycles. The number of nitrogens with zero attached hydrogens (tertiary/aromatic N) is 1. The third-order valence-corrected chi connectivity index (χ3v) is 8.12. The van der Waals surface area contributed by atoms with Crippen LogP contribution in [0.3, 0.4) is 0 Å². The highest BCUT2D eigenvalue weighted by atomic mass is 19.3. The van der Waals surface area contributed by atoms with Crippen LogP contribution in [0.15, 0.2) is 54.1 Å². The van der Waals surface area contributed by atoms with E-state index in [1.165, 1.54) is 33.4 Å². The molecule has 34 heavy (non-hydrogen) atoms. The predicted octanol–water partition coefficient (Wildman–Crippen LogP) is 7.48. The summed E-state index contributed by atoms with van der Waals surface area (Å²) in [4.78, 5) is 2.34. The lowest BCUT2D eigenvalue weighted by Crippen LogP contribution is -2.47. The standard InChI is InChI=1S/C30H36F3N/c31-17-4-18-34-20-23(21-34)19-22-9-11-26(12-10-22)29-27-7-2-1-5-24(27)6-3-8-28(29)25-13-15-30(32,33)16-14-25/h1-2,5,7,9-12,23,25H,3-4,6,8,13-21H2. The Labute approximate surface area is 202 Å². The number of fused-ring (bicyclic) bond motifs is 1. The fourth-order valence-electron chi connectivity index (χ4n) is 6.30. The molecule has 0 atom stereocenters. The first-order valence-corrected chi connectivity index (χ1v) is 13.1. The van der Waals surface area contributed by atoms with E-state index in [2.05, 4.69) is 53.4 Å². The van der Waals surface area contributed by atoms with Crippen LogP contribution in [-0.4, -0.2) is 37.1 Å². The van der Waals surface area contributed by atoms with Crippen molar-refractivity contribution >= 4 is 5.57 Å². The zero-order valence-corrected chi connectivity index (χ0v) is 20.0. The molecule has 0 N–H and O–H groups in total. The third kappa shape index (κ3) is 5.27. The maximum atomic E-state index is 13.9. The van der Waals surface area contributed by atoms with Crippen molar-refractivity contribution in [3.63, 3.8) is 0 Å². The maximum Gasteiger partial charge on any atom is 0.248 e.